The smallest absolute Gasteiger partial charge is 0.250 e. The molecule has 12 nitrogen and oxygen atoms in total. The molecule has 0 bridgehead atoms. The molecule has 4 amide bonds. The number of fused-ring (bicyclic) bond motifs is 1. The van der Waals surface area contributed by atoms with Crippen LogP contribution in [0.25, 0.3) is 0 Å². The van der Waals surface area contributed by atoms with Gasteiger partial charge in [0.25, 0.3) is 0 Å². The molecule has 1 aliphatic heterocycles. The number of aromatic nitrogens is 4. The quantitative estimate of drug-likeness (QED) is 0.279. The maximum Gasteiger partial charge on any atom is 0.250 e. The molecular weight excluding hydrogens is 512 g/mol. The number of rotatable bonds is 11. The molecule has 3 aromatic rings. The lowest BCUT2D eigenvalue weighted by molar-refractivity contribution is -0.132. The lowest BCUT2D eigenvalue weighted by Gasteiger charge is -2.29. The molecule has 2 aromatic carbocycles. The molecule has 4 rings (SSSR count). The largest absolute Gasteiger partial charge is 0.347 e. The van der Waals surface area contributed by atoms with Gasteiger partial charge >= 0.3 is 0 Å². The topological polar surface area (TPSA) is 162 Å². The van der Waals surface area contributed by atoms with Gasteiger partial charge in [0.1, 0.15) is 18.1 Å². The van der Waals surface area contributed by atoms with E-state index in [4.69, 9.17) is 0 Å². The third-order valence-corrected chi connectivity index (χ3v) is 7.07. The summed E-state index contributed by atoms with van der Waals surface area (Å²) in [6.07, 6.45) is 1.11. The number of hydrogen-bond acceptors (Lipinski definition) is 7. The van der Waals surface area contributed by atoms with E-state index in [1.54, 1.807) is 19.1 Å². The Labute approximate surface area is 232 Å². The van der Waals surface area contributed by atoms with Crippen LogP contribution < -0.4 is 20.9 Å². The van der Waals surface area contributed by atoms with Crippen LogP contribution in [0.1, 0.15) is 44.1 Å². The van der Waals surface area contributed by atoms with E-state index in [9.17, 15) is 19.2 Å². The van der Waals surface area contributed by atoms with E-state index >= 15 is 0 Å². The summed E-state index contributed by atoms with van der Waals surface area (Å²) in [5.74, 6) is -1.40. The summed E-state index contributed by atoms with van der Waals surface area (Å²) in [4.78, 5) is 54.4. The highest BCUT2D eigenvalue weighted by atomic mass is 16.2. The minimum atomic E-state index is -0.955. The van der Waals surface area contributed by atoms with E-state index in [0.29, 0.717) is 24.4 Å². The van der Waals surface area contributed by atoms with Crippen molar-refractivity contribution in [3.8, 4) is 0 Å². The number of para-hydroxylation sites is 1. The Balaban J connectivity index is 1.45. The van der Waals surface area contributed by atoms with Crippen molar-refractivity contribution in [2.75, 3.05) is 4.90 Å². The molecule has 0 saturated heterocycles. The van der Waals surface area contributed by atoms with E-state index in [2.05, 4.69) is 36.6 Å². The van der Waals surface area contributed by atoms with Gasteiger partial charge < -0.3 is 16.0 Å². The first-order chi connectivity index (χ1) is 19.3. The monoisotopic (exact) mass is 546 g/mol. The number of benzene rings is 2. The Bertz CT molecular complexity index is 1330. The minimum Gasteiger partial charge on any atom is -0.347 e. The van der Waals surface area contributed by atoms with Crippen molar-refractivity contribution < 1.29 is 19.2 Å². The van der Waals surface area contributed by atoms with Crippen LogP contribution in [-0.2, 0) is 38.6 Å². The summed E-state index contributed by atoms with van der Waals surface area (Å²) in [6, 6.07) is 14.0. The van der Waals surface area contributed by atoms with E-state index < -0.39 is 29.9 Å². The molecule has 210 valence electrons. The molecule has 0 saturated carbocycles. The van der Waals surface area contributed by atoms with Gasteiger partial charge in [-0.05, 0) is 30.0 Å². The van der Waals surface area contributed by atoms with E-state index in [1.807, 2.05) is 56.3 Å². The second-order valence-corrected chi connectivity index (χ2v) is 9.93. The molecule has 3 unspecified atom stereocenters. The SMILES string of the molecule is CCC(C)C(NC(=O)Cc1ccccc1)C(=O)NC(C)C(=O)N1c2ccccc2C[C@H]1C(=O)NCc1nn[nH]n1. The first-order valence-electron chi connectivity index (χ1n) is 13.3. The number of H-pyrrole nitrogens is 1. The molecule has 40 heavy (non-hydrogen) atoms. The lowest BCUT2D eigenvalue weighted by Crippen LogP contribution is -2.57. The summed E-state index contributed by atoms with van der Waals surface area (Å²) >= 11 is 0. The van der Waals surface area contributed by atoms with Gasteiger partial charge in [-0.25, -0.2) is 0 Å². The third-order valence-electron chi connectivity index (χ3n) is 7.07. The fraction of sp³-hybridized carbons (Fsp3) is 0.393. The number of nitrogens with one attached hydrogen (secondary N) is 4. The number of nitrogens with zero attached hydrogens (tertiary/aromatic N) is 4. The van der Waals surface area contributed by atoms with Gasteiger partial charge in [-0.1, -0.05) is 74.0 Å². The number of tetrazole rings is 1. The van der Waals surface area contributed by atoms with Gasteiger partial charge in [0.2, 0.25) is 23.6 Å². The highest BCUT2D eigenvalue weighted by Crippen LogP contribution is 2.32. The Morgan fingerprint density at radius 2 is 1.75 bits per heavy atom. The fourth-order valence-electron chi connectivity index (χ4n) is 4.69. The predicted octanol–water partition coefficient (Wildman–Crippen LogP) is 1.05. The summed E-state index contributed by atoms with van der Waals surface area (Å²) in [5, 5.41) is 21.8. The number of hydrogen-bond donors (Lipinski definition) is 4. The molecule has 2 heterocycles. The van der Waals surface area contributed by atoms with Crippen LogP contribution in [0.2, 0.25) is 0 Å². The third kappa shape index (κ3) is 6.68. The van der Waals surface area contributed by atoms with Gasteiger partial charge in [-0.3, -0.25) is 24.1 Å². The molecule has 12 heteroatoms. The van der Waals surface area contributed by atoms with Crippen molar-refractivity contribution in [1.29, 1.82) is 0 Å². The second kappa shape index (κ2) is 13.0. The highest BCUT2D eigenvalue weighted by Gasteiger charge is 2.40. The van der Waals surface area contributed by atoms with Crippen molar-refractivity contribution in [2.24, 2.45) is 5.92 Å². The highest BCUT2D eigenvalue weighted by molar-refractivity contribution is 6.06. The zero-order valence-electron chi connectivity index (χ0n) is 22.8. The molecule has 1 aromatic heterocycles. The molecule has 0 fully saturated rings. The molecule has 1 aliphatic rings. The molecule has 4 N–H and O–H groups in total. The van der Waals surface area contributed by atoms with E-state index in [-0.39, 0.29) is 30.7 Å². The minimum absolute atomic E-state index is 0.0514. The normalized spacial score (nSPS) is 16.4. The molecule has 4 atom stereocenters. The number of amides is 4. The standard InChI is InChI=1S/C28H34N8O4/c1-4-17(2)25(31-24(37)14-19-10-6-5-7-11-19)27(39)30-18(3)28(40)36-21-13-9-8-12-20(21)15-22(36)26(38)29-16-23-32-34-35-33-23/h5-13,17-18,22,25H,4,14-16H2,1-3H3,(H,29,38)(H,30,39)(H,31,37)(H,32,33,34,35)/t17?,18?,22-,25?/m0/s1. The first kappa shape index (κ1) is 28.4. The molecule has 0 aliphatic carbocycles. The first-order valence-corrected chi connectivity index (χ1v) is 13.3. The van der Waals surface area contributed by atoms with Crippen LogP contribution in [0.3, 0.4) is 0 Å². The van der Waals surface area contributed by atoms with E-state index in [1.165, 1.54) is 4.90 Å². The maximum atomic E-state index is 13.7. The van der Waals surface area contributed by atoms with Crippen molar-refractivity contribution in [2.45, 2.75) is 64.7 Å². The lowest BCUT2D eigenvalue weighted by atomic mass is 9.97. The summed E-state index contributed by atoms with van der Waals surface area (Å²) in [6.45, 7) is 5.44. The zero-order valence-corrected chi connectivity index (χ0v) is 22.8. The average molecular weight is 547 g/mol. The van der Waals surface area contributed by atoms with Gasteiger partial charge in [0.05, 0.1) is 13.0 Å². The van der Waals surface area contributed by atoms with Crippen LogP contribution in [0.15, 0.2) is 54.6 Å². The number of carbonyl (C=O) groups excluding carboxylic acids is 4. The van der Waals surface area contributed by atoms with Gasteiger partial charge in [0, 0.05) is 12.1 Å². The van der Waals surface area contributed by atoms with Crippen LogP contribution in [0, 0.1) is 5.92 Å². The van der Waals surface area contributed by atoms with Gasteiger partial charge in [-0.2, -0.15) is 5.21 Å². The summed E-state index contributed by atoms with van der Waals surface area (Å²) in [7, 11) is 0. The Morgan fingerprint density at radius 3 is 2.45 bits per heavy atom. The predicted molar refractivity (Wildman–Crippen MR) is 147 cm³/mol. The Hall–Kier alpha value is -4.61. The Kier molecular flexibility index (Phi) is 9.20. The number of aromatic amines is 1. The van der Waals surface area contributed by atoms with Crippen molar-refractivity contribution >= 4 is 29.3 Å². The van der Waals surface area contributed by atoms with Crippen LogP contribution in [-0.4, -0.2) is 62.4 Å². The van der Waals surface area contributed by atoms with Crippen molar-refractivity contribution in [1.82, 2.24) is 36.6 Å². The van der Waals surface area contributed by atoms with Gasteiger partial charge in [0.15, 0.2) is 5.82 Å². The van der Waals surface area contributed by atoms with E-state index in [0.717, 1.165) is 11.1 Å². The average Bonchev–Trinajstić information content (AvgIpc) is 3.62. The number of anilines is 1. The molecule has 0 spiro atoms. The fourth-order valence-corrected chi connectivity index (χ4v) is 4.69. The summed E-state index contributed by atoms with van der Waals surface area (Å²) < 4.78 is 0. The van der Waals surface area contributed by atoms with Crippen LogP contribution in [0.5, 0.6) is 0 Å². The van der Waals surface area contributed by atoms with Crippen molar-refractivity contribution in [3.05, 3.63) is 71.5 Å². The molecular formula is C28H34N8O4. The van der Waals surface area contributed by atoms with Crippen LogP contribution in [0.4, 0.5) is 5.69 Å². The summed E-state index contributed by atoms with van der Waals surface area (Å²) in [5.41, 5.74) is 2.30. The van der Waals surface area contributed by atoms with Gasteiger partial charge in [-0.15, -0.1) is 10.2 Å². The Morgan fingerprint density at radius 1 is 1.02 bits per heavy atom. The zero-order chi connectivity index (χ0) is 28.6. The van der Waals surface area contributed by atoms with Crippen molar-refractivity contribution in [3.63, 3.8) is 0 Å². The van der Waals surface area contributed by atoms with Crippen LogP contribution >= 0.6 is 0 Å². The second-order valence-electron chi connectivity index (χ2n) is 9.93. The number of carbonyl (C=O) groups is 4. The molecule has 0 radical (unpaired) electrons. The maximum absolute atomic E-state index is 13.7.